The minimum atomic E-state index is -1.09. The van der Waals surface area contributed by atoms with Crippen molar-refractivity contribution in [1.82, 2.24) is 9.47 Å². The predicted molar refractivity (Wildman–Crippen MR) is 94.8 cm³/mol. The molecule has 3 rings (SSSR count). The highest BCUT2D eigenvalue weighted by Crippen LogP contribution is 2.30. The fraction of sp³-hybridized carbons (Fsp3) is 0.211. The number of phenolic OH excluding ortho intramolecular Hbond substituents is 1. The highest BCUT2D eigenvalue weighted by Gasteiger charge is 2.26. The number of rotatable bonds is 5. The Hall–Kier alpha value is -2.99. The van der Waals surface area contributed by atoms with Gasteiger partial charge in [0, 0.05) is 24.1 Å². The van der Waals surface area contributed by atoms with Gasteiger partial charge in [-0.1, -0.05) is 30.3 Å². The van der Waals surface area contributed by atoms with Crippen molar-refractivity contribution < 1.29 is 20.1 Å². The molecular weight excluding hydrogens is 320 g/mol. The number of nitrogens with zero attached hydrogens (tertiary/aromatic N) is 2. The van der Waals surface area contributed by atoms with Crippen LogP contribution < -0.4 is 0 Å². The molecule has 1 aromatic heterocycles. The first kappa shape index (κ1) is 16.9. The summed E-state index contributed by atoms with van der Waals surface area (Å²) in [5, 5.41) is 30.4. The third-order valence-corrected chi connectivity index (χ3v) is 4.30. The first-order valence-electron chi connectivity index (χ1n) is 7.94. The number of amides is 1. The Morgan fingerprint density at radius 3 is 2.56 bits per heavy atom. The first-order chi connectivity index (χ1) is 12.0. The quantitative estimate of drug-likeness (QED) is 0.666. The van der Waals surface area contributed by atoms with Gasteiger partial charge in [-0.05, 0) is 29.8 Å². The van der Waals surface area contributed by atoms with Crippen LogP contribution in [0.3, 0.4) is 0 Å². The molecule has 2 unspecified atom stereocenters. The molecule has 25 heavy (non-hydrogen) atoms. The summed E-state index contributed by atoms with van der Waals surface area (Å²) in [6, 6.07) is 15.9. The lowest BCUT2D eigenvalue weighted by molar-refractivity contribution is 0.0850. The Balaban J connectivity index is 2.06. The molecule has 2 aromatic carbocycles. The van der Waals surface area contributed by atoms with Crippen LogP contribution in [0.15, 0.2) is 60.8 Å². The molecule has 0 aliphatic rings. The minimum absolute atomic E-state index is 0.0212. The molecule has 1 amide bonds. The molecule has 3 N–H and O–H groups in total. The maximum atomic E-state index is 11.1. The van der Waals surface area contributed by atoms with Crippen molar-refractivity contribution in [1.29, 1.82) is 0 Å². The zero-order chi connectivity index (χ0) is 18.0. The average Bonchev–Trinajstić information content (AvgIpc) is 2.98. The van der Waals surface area contributed by atoms with E-state index in [0.29, 0.717) is 0 Å². The monoisotopic (exact) mass is 340 g/mol. The zero-order valence-corrected chi connectivity index (χ0v) is 13.8. The van der Waals surface area contributed by atoms with Crippen molar-refractivity contribution in [2.45, 2.75) is 12.1 Å². The number of carboxylic acid groups (broad SMARTS) is 1. The number of aromatic nitrogens is 1. The first-order valence-corrected chi connectivity index (χ1v) is 7.94. The van der Waals surface area contributed by atoms with Crippen molar-refractivity contribution in [3.63, 3.8) is 0 Å². The van der Waals surface area contributed by atoms with Gasteiger partial charge in [0.1, 0.15) is 5.75 Å². The lowest BCUT2D eigenvalue weighted by Crippen LogP contribution is -2.38. The molecule has 6 heteroatoms. The molecule has 0 saturated heterocycles. The molecule has 0 spiro atoms. The van der Waals surface area contributed by atoms with Crippen LogP contribution in [0.2, 0.25) is 0 Å². The number of likely N-dealkylation sites (N-methyl/N-ethyl adjacent to an activating group) is 1. The van der Waals surface area contributed by atoms with Crippen LogP contribution in [0.1, 0.15) is 11.6 Å². The summed E-state index contributed by atoms with van der Waals surface area (Å²) in [6.45, 7) is -0.0212. The highest BCUT2D eigenvalue weighted by atomic mass is 16.4. The number of carbonyl (C=O) groups is 1. The van der Waals surface area contributed by atoms with Gasteiger partial charge >= 0.3 is 6.09 Å². The van der Waals surface area contributed by atoms with Gasteiger partial charge in [-0.3, -0.25) is 0 Å². The second-order valence-electron chi connectivity index (χ2n) is 6.05. The van der Waals surface area contributed by atoms with E-state index in [1.807, 2.05) is 47.2 Å². The number of benzene rings is 2. The molecule has 0 fully saturated rings. The predicted octanol–water partition coefficient (Wildman–Crippen LogP) is 2.91. The van der Waals surface area contributed by atoms with E-state index in [0.717, 1.165) is 21.4 Å². The van der Waals surface area contributed by atoms with E-state index >= 15 is 0 Å². The van der Waals surface area contributed by atoms with Crippen molar-refractivity contribution in [2.24, 2.45) is 0 Å². The fourth-order valence-electron chi connectivity index (χ4n) is 3.07. The Morgan fingerprint density at radius 1 is 1.16 bits per heavy atom. The van der Waals surface area contributed by atoms with E-state index in [-0.39, 0.29) is 12.3 Å². The lowest BCUT2D eigenvalue weighted by atomic mass is 10.0. The van der Waals surface area contributed by atoms with Gasteiger partial charge in [0.2, 0.25) is 0 Å². The smallest absolute Gasteiger partial charge is 0.407 e. The molecule has 0 radical (unpaired) electrons. The molecular formula is C19H20N2O4. The molecule has 0 aliphatic heterocycles. The SMILES string of the molecule is CN(CC(O)C(c1ccccc1)n1ccc2cc(O)ccc21)C(=O)O. The molecule has 1 heterocycles. The number of aliphatic hydroxyl groups is 1. The fourth-order valence-corrected chi connectivity index (χ4v) is 3.07. The van der Waals surface area contributed by atoms with Gasteiger partial charge in [-0.2, -0.15) is 0 Å². The molecule has 0 bridgehead atoms. The van der Waals surface area contributed by atoms with Crippen LogP contribution in [0, 0.1) is 0 Å². The topological polar surface area (TPSA) is 85.9 Å². The van der Waals surface area contributed by atoms with E-state index in [1.54, 1.807) is 18.2 Å². The summed E-state index contributed by atoms with van der Waals surface area (Å²) in [6.07, 6.45) is -0.188. The third-order valence-electron chi connectivity index (χ3n) is 4.30. The average molecular weight is 340 g/mol. The molecule has 130 valence electrons. The number of hydrogen-bond donors (Lipinski definition) is 3. The maximum Gasteiger partial charge on any atom is 0.407 e. The number of phenols is 1. The standard InChI is InChI=1S/C19H20N2O4/c1-20(19(24)25)12-17(23)18(13-5-3-2-4-6-13)21-10-9-14-11-15(22)7-8-16(14)21/h2-11,17-18,22-23H,12H2,1H3,(H,24,25). The summed E-state index contributed by atoms with van der Waals surface area (Å²) in [7, 11) is 1.43. The Bertz CT molecular complexity index is 876. The van der Waals surface area contributed by atoms with Crippen LogP contribution in [-0.2, 0) is 0 Å². The summed E-state index contributed by atoms with van der Waals surface area (Å²) in [5.74, 6) is 0.174. The van der Waals surface area contributed by atoms with Gasteiger partial charge in [0.05, 0.1) is 18.7 Å². The van der Waals surface area contributed by atoms with E-state index < -0.39 is 18.2 Å². The normalized spacial score (nSPS) is 13.5. The molecule has 3 aromatic rings. The Labute approximate surface area is 145 Å². The Morgan fingerprint density at radius 2 is 1.88 bits per heavy atom. The molecule has 0 aliphatic carbocycles. The van der Waals surface area contributed by atoms with Crippen molar-refractivity contribution >= 4 is 17.0 Å². The van der Waals surface area contributed by atoms with Crippen LogP contribution in [-0.4, -0.2) is 50.6 Å². The van der Waals surface area contributed by atoms with Crippen molar-refractivity contribution in [3.8, 4) is 5.75 Å². The summed E-state index contributed by atoms with van der Waals surface area (Å²) in [4.78, 5) is 12.2. The van der Waals surface area contributed by atoms with Crippen LogP contribution in [0.25, 0.3) is 10.9 Å². The van der Waals surface area contributed by atoms with Crippen LogP contribution in [0.5, 0.6) is 5.75 Å². The number of hydrogen-bond acceptors (Lipinski definition) is 3. The summed E-state index contributed by atoms with van der Waals surface area (Å²) >= 11 is 0. The summed E-state index contributed by atoms with van der Waals surface area (Å²) < 4.78 is 1.91. The van der Waals surface area contributed by atoms with Gasteiger partial charge in [-0.15, -0.1) is 0 Å². The molecule has 6 nitrogen and oxygen atoms in total. The van der Waals surface area contributed by atoms with Gasteiger partial charge in [-0.25, -0.2) is 4.79 Å². The summed E-state index contributed by atoms with van der Waals surface area (Å²) in [5.41, 5.74) is 1.73. The minimum Gasteiger partial charge on any atom is -0.508 e. The van der Waals surface area contributed by atoms with E-state index in [2.05, 4.69) is 0 Å². The van der Waals surface area contributed by atoms with E-state index in [1.165, 1.54) is 7.05 Å². The Kier molecular flexibility index (Phi) is 4.63. The second kappa shape index (κ2) is 6.86. The zero-order valence-electron chi connectivity index (χ0n) is 13.8. The lowest BCUT2D eigenvalue weighted by Gasteiger charge is -2.28. The molecule has 2 atom stereocenters. The van der Waals surface area contributed by atoms with Gasteiger partial charge in [0.15, 0.2) is 0 Å². The molecule has 0 saturated carbocycles. The van der Waals surface area contributed by atoms with Crippen LogP contribution >= 0.6 is 0 Å². The van der Waals surface area contributed by atoms with Crippen molar-refractivity contribution in [3.05, 3.63) is 66.4 Å². The van der Waals surface area contributed by atoms with Gasteiger partial charge < -0.3 is 24.8 Å². The van der Waals surface area contributed by atoms with E-state index in [4.69, 9.17) is 5.11 Å². The largest absolute Gasteiger partial charge is 0.508 e. The van der Waals surface area contributed by atoms with Crippen LogP contribution in [0.4, 0.5) is 4.79 Å². The van der Waals surface area contributed by atoms with Crippen molar-refractivity contribution in [2.75, 3.05) is 13.6 Å². The third kappa shape index (κ3) is 3.44. The number of aliphatic hydroxyl groups excluding tert-OH is 1. The number of fused-ring (bicyclic) bond motifs is 1. The number of aromatic hydroxyl groups is 1. The second-order valence-corrected chi connectivity index (χ2v) is 6.05. The van der Waals surface area contributed by atoms with Gasteiger partial charge in [0.25, 0.3) is 0 Å². The maximum absolute atomic E-state index is 11.1. The highest BCUT2D eigenvalue weighted by molar-refractivity contribution is 5.82. The van der Waals surface area contributed by atoms with E-state index in [9.17, 15) is 15.0 Å².